The molecule has 2 aromatic heterocycles. The van der Waals surface area contributed by atoms with Crippen LogP contribution in [-0.4, -0.2) is 16.1 Å². The fraction of sp³-hybridized carbons (Fsp3) is 0.182. The van der Waals surface area contributed by atoms with E-state index in [2.05, 4.69) is 10.2 Å². The first kappa shape index (κ1) is 18.6. The van der Waals surface area contributed by atoms with Crippen LogP contribution >= 0.6 is 11.3 Å². The molecule has 0 spiro atoms. The van der Waals surface area contributed by atoms with Gasteiger partial charge in [0.1, 0.15) is 16.4 Å². The van der Waals surface area contributed by atoms with Crippen LogP contribution in [0.25, 0.3) is 11.0 Å². The summed E-state index contributed by atoms with van der Waals surface area (Å²) >= 11 is 1.27. The molecule has 2 aromatic carbocycles. The van der Waals surface area contributed by atoms with Crippen LogP contribution in [0, 0.1) is 12.7 Å². The first-order valence-electron chi connectivity index (χ1n) is 9.46. The second-order valence-corrected chi connectivity index (χ2v) is 8.18. The van der Waals surface area contributed by atoms with Crippen LogP contribution in [0.15, 0.2) is 51.7 Å². The van der Waals surface area contributed by atoms with E-state index in [4.69, 9.17) is 4.42 Å². The normalized spacial score (nSPS) is 15.8. The number of halogens is 1. The van der Waals surface area contributed by atoms with Crippen molar-refractivity contribution >= 4 is 33.3 Å². The minimum atomic E-state index is -0.845. The van der Waals surface area contributed by atoms with E-state index in [-0.39, 0.29) is 16.8 Å². The zero-order chi connectivity index (χ0) is 21.0. The highest BCUT2D eigenvalue weighted by molar-refractivity contribution is 7.15. The Labute approximate surface area is 174 Å². The molecule has 5 rings (SSSR count). The summed E-state index contributed by atoms with van der Waals surface area (Å²) in [6, 6.07) is 10.3. The molecule has 150 valence electrons. The lowest BCUT2D eigenvalue weighted by Gasteiger charge is -2.22. The first-order valence-corrected chi connectivity index (χ1v) is 10.3. The van der Waals surface area contributed by atoms with Gasteiger partial charge >= 0.3 is 0 Å². The van der Waals surface area contributed by atoms with Gasteiger partial charge in [-0.2, -0.15) is 0 Å². The van der Waals surface area contributed by atoms with Gasteiger partial charge in [-0.05, 0) is 43.2 Å². The maximum absolute atomic E-state index is 14.1. The molecule has 4 aromatic rings. The average Bonchev–Trinajstić information content (AvgIpc) is 3.31. The summed E-state index contributed by atoms with van der Waals surface area (Å²) in [6.07, 6.45) is 0.664. The second-order valence-electron chi connectivity index (χ2n) is 7.14. The smallest absolute Gasteiger partial charge is 0.297 e. The van der Waals surface area contributed by atoms with Crippen LogP contribution in [0.4, 0.5) is 9.52 Å². The third-order valence-electron chi connectivity index (χ3n) is 5.15. The number of benzene rings is 2. The number of hydrogen-bond acceptors (Lipinski definition) is 6. The van der Waals surface area contributed by atoms with Crippen molar-refractivity contribution in [2.45, 2.75) is 26.3 Å². The largest absolute Gasteiger partial charge is 0.450 e. The summed E-state index contributed by atoms with van der Waals surface area (Å²) in [7, 11) is 0. The minimum Gasteiger partial charge on any atom is -0.450 e. The highest BCUT2D eigenvalue weighted by Crippen LogP contribution is 2.42. The molecular weight excluding hydrogens is 405 g/mol. The highest BCUT2D eigenvalue weighted by Gasteiger charge is 2.45. The number of anilines is 1. The molecule has 1 atom stereocenters. The van der Waals surface area contributed by atoms with E-state index in [0.717, 1.165) is 10.6 Å². The van der Waals surface area contributed by atoms with E-state index in [1.807, 2.05) is 19.9 Å². The predicted octanol–water partition coefficient (Wildman–Crippen LogP) is 4.40. The zero-order valence-corrected chi connectivity index (χ0v) is 17.0. The van der Waals surface area contributed by atoms with Crippen molar-refractivity contribution < 1.29 is 13.6 Å². The number of hydrogen-bond donors (Lipinski definition) is 0. The van der Waals surface area contributed by atoms with Gasteiger partial charge in [0.15, 0.2) is 5.43 Å². The van der Waals surface area contributed by atoms with Gasteiger partial charge in [-0.15, -0.1) is 10.2 Å². The highest BCUT2D eigenvalue weighted by atomic mass is 32.1. The number of carbonyl (C=O) groups is 1. The van der Waals surface area contributed by atoms with Gasteiger partial charge in [0.25, 0.3) is 5.91 Å². The Morgan fingerprint density at radius 3 is 2.73 bits per heavy atom. The number of nitrogens with zero attached hydrogens (tertiary/aromatic N) is 3. The van der Waals surface area contributed by atoms with Gasteiger partial charge in [-0.25, -0.2) is 4.39 Å². The molecule has 1 amide bonds. The lowest BCUT2D eigenvalue weighted by atomic mass is 9.98. The van der Waals surface area contributed by atoms with Gasteiger partial charge in [-0.3, -0.25) is 14.5 Å². The summed E-state index contributed by atoms with van der Waals surface area (Å²) < 4.78 is 19.9. The van der Waals surface area contributed by atoms with Gasteiger partial charge < -0.3 is 4.42 Å². The molecule has 1 unspecified atom stereocenters. The molecule has 0 bridgehead atoms. The van der Waals surface area contributed by atoms with Crippen molar-refractivity contribution in [1.29, 1.82) is 0 Å². The Kier molecular flexibility index (Phi) is 4.25. The van der Waals surface area contributed by atoms with Crippen LogP contribution in [0.1, 0.15) is 45.2 Å². The fourth-order valence-electron chi connectivity index (χ4n) is 3.76. The topological polar surface area (TPSA) is 76.3 Å². The number of carbonyl (C=O) groups excluding carboxylic acids is 1. The monoisotopic (exact) mass is 421 g/mol. The summed E-state index contributed by atoms with van der Waals surface area (Å²) in [6.45, 7) is 3.82. The van der Waals surface area contributed by atoms with Crippen LogP contribution < -0.4 is 10.3 Å². The molecule has 0 radical (unpaired) electrons. The molecule has 0 fully saturated rings. The molecule has 1 aliphatic heterocycles. The Morgan fingerprint density at radius 1 is 1.17 bits per heavy atom. The standard InChI is InChI=1S/C22H16FN3O3S/c1-3-16-24-25-22(30-16)26-18(12-5-4-6-13(23)10-12)17-19(27)14-9-11(2)7-8-15(14)29-20(17)21(26)28/h4-10,18H,3H2,1-2H3. The van der Waals surface area contributed by atoms with Crippen LogP contribution in [0.3, 0.4) is 0 Å². The Bertz CT molecular complexity index is 1380. The molecule has 1 aliphatic rings. The molecule has 0 aliphatic carbocycles. The third kappa shape index (κ3) is 2.75. The Hall–Kier alpha value is -3.39. The van der Waals surface area contributed by atoms with E-state index in [1.54, 1.807) is 24.3 Å². The molecular formula is C22H16FN3O3S. The van der Waals surface area contributed by atoms with Crippen LogP contribution in [0.5, 0.6) is 0 Å². The van der Waals surface area contributed by atoms with Gasteiger partial charge in [0, 0.05) is 0 Å². The summed E-state index contributed by atoms with van der Waals surface area (Å²) in [4.78, 5) is 28.2. The average molecular weight is 421 g/mol. The van der Waals surface area contributed by atoms with Gasteiger partial charge in [0.05, 0.1) is 17.0 Å². The van der Waals surface area contributed by atoms with Crippen molar-refractivity contribution in [1.82, 2.24) is 10.2 Å². The summed E-state index contributed by atoms with van der Waals surface area (Å²) in [5.74, 6) is -0.989. The minimum absolute atomic E-state index is 0.0427. The number of rotatable bonds is 3. The van der Waals surface area contributed by atoms with Crippen molar-refractivity contribution in [2.24, 2.45) is 0 Å². The molecule has 30 heavy (non-hydrogen) atoms. The van der Waals surface area contributed by atoms with E-state index < -0.39 is 17.8 Å². The lowest BCUT2D eigenvalue weighted by Crippen LogP contribution is -2.29. The number of fused-ring (bicyclic) bond motifs is 2. The molecule has 8 heteroatoms. The third-order valence-corrected chi connectivity index (χ3v) is 6.22. The Morgan fingerprint density at radius 2 is 2.00 bits per heavy atom. The summed E-state index contributed by atoms with van der Waals surface area (Å²) in [5.41, 5.74) is 1.59. The zero-order valence-electron chi connectivity index (χ0n) is 16.2. The van der Waals surface area contributed by atoms with Gasteiger partial charge in [-0.1, -0.05) is 42.0 Å². The SMILES string of the molecule is CCc1nnc(N2C(=O)c3oc4ccc(C)cc4c(=O)c3C2c2cccc(F)c2)s1. The maximum atomic E-state index is 14.1. The van der Waals surface area contributed by atoms with E-state index in [1.165, 1.54) is 28.4 Å². The number of aromatic nitrogens is 2. The molecule has 6 nitrogen and oxygen atoms in total. The molecule has 0 N–H and O–H groups in total. The molecule has 0 saturated carbocycles. The van der Waals surface area contributed by atoms with Gasteiger partial charge in [0.2, 0.25) is 10.9 Å². The van der Waals surface area contributed by atoms with Crippen LogP contribution in [0.2, 0.25) is 0 Å². The van der Waals surface area contributed by atoms with Crippen molar-refractivity contribution in [3.8, 4) is 0 Å². The first-order chi connectivity index (χ1) is 14.5. The predicted molar refractivity (Wildman–Crippen MR) is 112 cm³/mol. The van der Waals surface area contributed by atoms with Crippen molar-refractivity contribution in [3.05, 3.63) is 86.0 Å². The van der Waals surface area contributed by atoms with E-state index in [0.29, 0.717) is 28.1 Å². The Balaban J connectivity index is 1.82. The number of amides is 1. The number of aryl methyl sites for hydroxylation is 2. The fourth-order valence-corrected chi connectivity index (χ4v) is 4.57. The molecule has 3 heterocycles. The van der Waals surface area contributed by atoms with E-state index >= 15 is 0 Å². The maximum Gasteiger partial charge on any atom is 0.297 e. The quantitative estimate of drug-likeness (QED) is 0.490. The molecule has 0 saturated heterocycles. The van der Waals surface area contributed by atoms with E-state index in [9.17, 15) is 14.0 Å². The van der Waals surface area contributed by atoms with Crippen molar-refractivity contribution in [2.75, 3.05) is 4.90 Å². The van der Waals surface area contributed by atoms with Crippen LogP contribution in [-0.2, 0) is 6.42 Å². The summed E-state index contributed by atoms with van der Waals surface area (Å²) in [5, 5.41) is 9.74. The van der Waals surface area contributed by atoms with Crippen molar-refractivity contribution in [3.63, 3.8) is 0 Å². The second kappa shape index (κ2) is 6.84. The lowest BCUT2D eigenvalue weighted by molar-refractivity contribution is 0.0970.